The number of ether oxygens (including phenoxy) is 1. The van der Waals surface area contributed by atoms with Crippen molar-refractivity contribution in [3.8, 4) is 17.1 Å². The normalized spacial score (nSPS) is 13.8. The third-order valence-corrected chi connectivity index (χ3v) is 7.51. The van der Waals surface area contributed by atoms with E-state index in [4.69, 9.17) is 4.74 Å². The Kier molecular flexibility index (Phi) is 6.53. The summed E-state index contributed by atoms with van der Waals surface area (Å²) in [4.78, 5) is 25.3. The van der Waals surface area contributed by atoms with Gasteiger partial charge in [0, 0.05) is 19.0 Å². The van der Waals surface area contributed by atoms with Crippen LogP contribution < -0.4 is 15.4 Å². The number of para-hydroxylation sites is 1. The minimum atomic E-state index is -2.78. The van der Waals surface area contributed by atoms with Gasteiger partial charge in [-0.3, -0.25) is 13.8 Å². The molecule has 2 N–H and O–H groups in total. The zero-order chi connectivity index (χ0) is 24.7. The van der Waals surface area contributed by atoms with Crippen LogP contribution in [0.15, 0.2) is 30.6 Å². The largest absolute Gasteiger partial charge is 0.494 e. The molecule has 1 amide bonds. The predicted molar refractivity (Wildman–Crippen MR) is 138 cm³/mol. The third kappa shape index (κ3) is 4.66. The molecule has 1 atom stereocenters. The standard InChI is InChI=1S/C21H20F2IN8O2P/c1-31-9-25-18(30-31)11-4-3-5-12(16(11)34-2)26-13-8-14(28-21(33)10-6-7-10)27-19-15(13)29-20(17(22)23)32(19)35-24/h3-5,8-10,17,35H,6-7H2,1-2H3,(H2,26,27,28,33). The number of methoxy groups -OCH3 is 1. The molecule has 1 unspecified atom stereocenters. The van der Waals surface area contributed by atoms with Crippen LogP contribution in [0, 0.1) is 5.92 Å². The van der Waals surface area contributed by atoms with Crippen LogP contribution in [-0.2, 0) is 11.8 Å². The number of hydrogen-bond acceptors (Lipinski definition) is 7. The number of benzene rings is 1. The van der Waals surface area contributed by atoms with Crippen LogP contribution >= 0.6 is 28.4 Å². The fourth-order valence-electron chi connectivity index (χ4n) is 3.67. The zero-order valence-corrected chi connectivity index (χ0v) is 21.7. The number of nitrogens with zero attached hydrogens (tertiary/aromatic N) is 6. The number of halogens is 3. The van der Waals surface area contributed by atoms with Crippen molar-refractivity contribution in [2.45, 2.75) is 19.3 Å². The molecule has 182 valence electrons. The van der Waals surface area contributed by atoms with E-state index < -0.39 is 6.43 Å². The maximum Gasteiger partial charge on any atom is 0.295 e. The average molecular weight is 612 g/mol. The molecular weight excluding hydrogens is 592 g/mol. The number of alkyl halides is 2. The van der Waals surface area contributed by atoms with Crippen molar-refractivity contribution < 1.29 is 18.3 Å². The Morgan fingerprint density at radius 3 is 2.71 bits per heavy atom. The molecule has 0 saturated heterocycles. The average Bonchev–Trinajstić information content (AvgIpc) is 3.50. The molecule has 0 spiro atoms. The van der Waals surface area contributed by atoms with Gasteiger partial charge in [-0.05, 0) is 47.0 Å². The smallest absolute Gasteiger partial charge is 0.295 e. The lowest BCUT2D eigenvalue weighted by atomic mass is 10.1. The molecule has 0 radical (unpaired) electrons. The van der Waals surface area contributed by atoms with E-state index in [1.807, 2.05) is 28.1 Å². The molecule has 1 fully saturated rings. The van der Waals surface area contributed by atoms with E-state index in [-0.39, 0.29) is 41.0 Å². The lowest BCUT2D eigenvalue weighted by Gasteiger charge is -2.15. The van der Waals surface area contributed by atoms with Crippen LogP contribution in [0.3, 0.4) is 0 Å². The number of amides is 1. The van der Waals surface area contributed by atoms with Crippen molar-refractivity contribution in [3.63, 3.8) is 0 Å². The van der Waals surface area contributed by atoms with Crippen molar-refractivity contribution in [3.05, 3.63) is 36.4 Å². The molecule has 3 heterocycles. The van der Waals surface area contributed by atoms with Crippen LogP contribution in [0.1, 0.15) is 25.1 Å². The highest BCUT2D eigenvalue weighted by atomic mass is 127. The number of carbonyl (C=O) groups is 1. The molecule has 4 aromatic rings. The number of imidazole rings is 1. The van der Waals surface area contributed by atoms with Gasteiger partial charge < -0.3 is 15.4 Å². The van der Waals surface area contributed by atoms with Gasteiger partial charge in [-0.15, -0.1) is 0 Å². The van der Waals surface area contributed by atoms with Gasteiger partial charge in [-0.1, -0.05) is 6.07 Å². The summed E-state index contributed by atoms with van der Waals surface area (Å²) in [5.74, 6) is 0.639. The lowest BCUT2D eigenvalue weighted by molar-refractivity contribution is -0.117. The lowest BCUT2D eigenvalue weighted by Crippen LogP contribution is -2.14. The number of rotatable bonds is 8. The molecule has 1 aliphatic rings. The van der Waals surface area contributed by atoms with Crippen LogP contribution in [-0.4, -0.2) is 42.1 Å². The first-order valence-corrected chi connectivity index (χ1v) is 14.6. The number of pyridine rings is 1. The maximum atomic E-state index is 13.8. The number of hydrogen-bond donors (Lipinski definition) is 2. The van der Waals surface area contributed by atoms with Gasteiger partial charge in [0.15, 0.2) is 23.0 Å². The summed E-state index contributed by atoms with van der Waals surface area (Å²) in [5.41, 5.74) is 2.12. The predicted octanol–water partition coefficient (Wildman–Crippen LogP) is 5.06. The second-order valence-electron chi connectivity index (χ2n) is 7.93. The van der Waals surface area contributed by atoms with Crippen LogP contribution in [0.2, 0.25) is 0 Å². The Bertz CT molecular complexity index is 1420. The minimum absolute atomic E-state index is 0.0421. The van der Waals surface area contributed by atoms with Gasteiger partial charge >= 0.3 is 0 Å². The van der Waals surface area contributed by atoms with Gasteiger partial charge in [0.05, 0.1) is 30.4 Å². The molecule has 0 bridgehead atoms. The number of fused-ring (bicyclic) bond motifs is 1. The Morgan fingerprint density at radius 1 is 1.29 bits per heavy atom. The highest BCUT2D eigenvalue weighted by Gasteiger charge is 2.30. The summed E-state index contributed by atoms with van der Waals surface area (Å²) in [5, 5.41) is 10.4. The number of carbonyl (C=O) groups excluding carboxylic acids is 1. The number of nitrogens with one attached hydrogen (secondary N) is 2. The quantitative estimate of drug-likeness (QED) is 0.212. The molecule has 14 heteroatoms. The topological polar surface area (TPSA) is 112 Å². The highest BCUT2D eigenvalue weighted by Crippen LogP contribution is 2.41. The first-order chi connectivity index (χ1) is 16.9. The van der Waals surface area contributed by atoms with E-state index in [9.17, 15) is 13.6 Å². The maximum absolute atomic E-state index is 13.8. The first-order valence-electron chi connectivity index (χ1n) is 10.6. The summed E-state index contributed by atoms with van der Waals surface area (Å²) in [7, 11) is 3.29. The molecule has 10 nitrogen and oxygen atoms in total. The van der Waals surface area contributed by atoms with E-state index in [2.05, 4.69) is 30.7 Å². The summed E-state index contributed by atoms with van der Waals surface area (Å²) in [6, 6.07) is 7.01. The fourth-order valence-corrected chi connectivity index (χ4v) is 5.56. The van der Waals surface area contributed by atoms with Gasteiger partial charge in [0.2, 0.25) is 5.91 Å². The molecule has 1 saturated carbocycles. The fraction of sp³-hybridized carbons (Fsp3) is 0.286. The number of aromatic nitrogens is 6. The summed E-state index contributed by atoms with van der Waals surface area (Å²) < 4.78 is 36.1. The second-order valence-corrected chi connectivity index (χ2v) is 10.00. The molecule has 0 aliphatic heterocycles. The Balaban J connectivity index is 1.63. The Hall–Kier alpha value is -2.93. The van der Waals surface area contributed by atoms with Crippen molar-refractivity contribution in [1.29, 1.82) is 0 Å². The van der Waals surface area contributed by atoms with Gasteiger partial charge in [-0.2, -0.15) is 5.10 Å². The van der Waals surface area contributed by atoms with Gasteiger partial charge in [0.25, 0.3) is 6.43 Å². The molecule has 35 heavy (non-hydrogen) atoms. The van der Waals surface area contributed by atoms with Gasteiger partial charge in [-0.25, -0.2) is 23.7 Å². The van der Waals surface area contributed by atoms with Crippen molar-refractivity contribution in [2.24, 2.45) is 13.0 Å². The molecule has 1 aromatic carbocycles. The molecule has 5 rings (SSSR count). The molecule has 3 aromatic heterocycles. The molecule has 1 aliphatic carbocycles. The SMILES string of the molecule is COc1c(Nc2cc(NC(=O)C3CC3)nc3c2nc(C(F)F)n3PI)cccc1-c1ncn(C)n1. The Labute approximate surface area is 213 Å². The van der Waals surface area contributed by atoms with Crippen LogP contribution in [0.25, 0.3) is 22.6 Å². The van der Waals surface area contributed by atoms with Crippen LogP contribution in [0.5, 0.6) is 5.75 Å². The van der Waals surface area contributed by atoms with E-state index in [1.165, 1.54) is 11.4 Å². The number of anilines is 3. The van der Waals surface area contributed by atoms with E-state index in [0.29, 0.717) is 28.5 Å². The first kappa shape index (κ1) is 23.8. The highest BCUT2D eigenvalue weighted by molar-refractivity contribution is 14.2. The summed E-state index contributed by atoms with van der Waals surface area (Å²) in [6.45, 7) is 0. The monoisotopic (exact) mass is 612 g/mol. The van der Waals surface area contributed by atoms with Crippen molar-refractivity contribution in [2.75, 3.05) is 17.7 Å². The van der Waals surface area contributed by atoms with E-state index in [0.717, 1.165) is 12.8 Å². The zero-order valence-electron chi connectivity index (χ0n) is 18.6. The van der Waals surface area contributed by atoms with Crippen molar-refractivity contribution in [1.82, 2.24) is 29.1 Å². The molecular formula is C21H20F2IN8O2P. The summed E-state index contributed by atoms with van der Waals surface area (Å²) >= 11 is 2.01. The van der Waals surface area contributed by atoms with E-state index in [1.54, 1.807) is 36.3 Å². The van der Waals surface area contributed by atoms with E-state index >= 15 is 0 Å². The minimum Gasteiger partial charge on any atom is -0.494 e. The van der Waals surface area contributed by atoms with Gasteiger partial charge in [0.1, 0.15) is 17.7 Å². The van der Waals surface area contributed by atoms with Crippen molar-refractivity contribution >= 4 is 62.7 Å². The number of aryl methyl sites for hydroxylation is 1. The summed E-state index contributed by atoms with van der Waals surface area (Å²) in [6.07, 6.45) is 0.397. The second kappa shape index (κ2) is 9.61. The Morgan fingerprint density at radius 2 is 2.09 bits per heavy atom. The van der Waals surface area contributed by atoms with Crippen LogP contribution in [0.4, 0.5) is 26.0 Å². The third-order valence-electron chi connectivity index (χ3n) is 5.45.